The monoisotopic (exact) mass is 507 g/mol. The fourth-order valence-electron chi connectivity index (χ4n) is 3.00. The molecular formula is C23H26INO4. The maximum absolute atomic E-state index is 10.6. The molecule has 0 radical (unpaired) electrons. The third-order valence-corrected chi connectivity index (χ3v) is 5.28. The van der Waals surface area contributed by atoms with E-state index in [1.54, 1.807) is 18.3 Å². The van der Waals surface area contributed by atoms with Crippen LogP contribution in [0.15, 0.2) is 60.3 Å². The van der Waals surface area contributed by atoms with E-state index in [1.165, 1.54) is 7.11 Å². The number of aliphatic hydroxyl groups is 2. The Morgan fingerprint density at radius 1 is 1.34 bits per heavy atom. The summed E-state index contributed by atoms with van der Waals surface area (Å²) in [5.41, 5.74) is 4.00. The smallest absolute Gasteiger partial charge is 0.171 e. The highest BCUT2D eigenvalue weighted by Gasteiger charge is 2.14. The van der Waals surface area contributed by atoms with Gasteiger partial charge in [-0.2, -0.15) is 0 Å². The van der Waals surface area contributed by atoms with Gasteiger partial charge in [0, 0.05) is 6.20 Å². The van der Waals surface area contributed by atoms with Crippen molar-refractivity contribution in [2.75, 3.05) is 13.7 Å². The van der Waals surface area contributed by atoms with E-state index >= 15 is 0 Å². The Kier molecular flexibility index (Phi) is 8.88. The van der Waals surface area contributed by atoms with Crippen LogP contribution in [0.5, 0.6) is 11.5 Å². The van der Waals surface area contributed by atoms with Gasteiger partial charge >= 0.3 is 0 Å². The molecule has 0 aliphatic heterocycles. The number of aromatic nitrogens is 1. The fraction of sp³-hybridized carbons (Fsp3) is 0.261. The third kappa shape index (κ3) is 6.42. The molecule has 2 rings (SSSR count). The molecule has 0 bridgehead atoms. The molecule has 0 spiro atoms. The predicted molar refractivity (Wildman–Crippen MR) is 125 cm³/mol. The van der Waals surface area contributed by atoms with Crippen molar-refractivity contribution in [1.29, 1.82) is 0 Å². The lowest BCUT2D eigenvalue weighted by Crippen LogP contribution is -2.12. The number of phenolic OH excluding ortho intramolecular Hbond substituents is 1. The molecule has 1 unspecified atom stereocenters. The summed E-state index contributed by atoms with van der Waals surface area (Å²) in [7, 11) is 1.52. The summed E-state index contributed by atoms with van der Waals surface area (Å²) in [4.78, 5) is 4.45. The van der Waals surface area contributed by atoms with Crippen LogP contribution in [0.2, 0.25) is 0 Å². The predicted octanol–water partition coefficient (Wildman–Crippen LogP) is 4.58. The molecule has 1 aromatic carbocycles. The lowest BCUT2D eigenvalue weighted by Gasteiger charge is -2.16. The molecule has 0 amide bonds. The van der Waals surface area contributed by atoms with Gasteiger partial charge in [-0.3, -0.25) is 4.98 Å². The summed E-state index contributed by atoms with van der Waals surface area (Å²) in [6, 6.07) is 9.32. The molecule has 5 nitrogen and oxygen atoms in total. The largest absolute Gasteiger partial charge is 0.504 e. The third-order valence-electron chi connectivity index (χ3n) is 4.46. The second-order valence-corrected chi connectivity index (χ2v) is 7.78. The minimum absolute atomic E-state index is 0.111. The van der Waals surface area contributed by atoms with Crippen molar-refractivity contribution >= 4 is 34.2 Å². The molecule has 2 aromatic rings. The normalized spacial score (nSPS) is 13.3. The number of ether oxygens (including phenoxy) is 1. The van der Waals surface area contributed by atoms with Gasteiger partial charge in [0.2, 0.25) is 0 Å². The Bertz CT molecular complexity index is 907. The second-order valence-electron chi connectivity index (χ2n) is 6.61. The van der Waals surface area contributed by atoms with Crippen LogP contribution in [-0.2, 0) is 0 Å². The average molecular weight is 507 g/mol. The first-order valence-corrected chi connectivity index (χ1v) is 10.3. The highest BCUT2D eigenvalue weighted by atomic mass is 127. The van der Waals surface area contributed by atoms with Crippen LogP contribution < -0.4 is 4.74 Å². The summed E-state index contributed by atoms with van der Waals surface area (Å²) in [5, 5.41) is 29.9. The molecular weight excluding hydrogens is 481 g/mol. The number of rotatable bonds is 9. The number of pyridine rings is 1. The van der Waals surface area contributed by atoms with Crippen molar-refractivity contribution in [3.63, 3.8) is 0 Å². The van der Waals surface area contributed by atoms with E-state index in [1.807, 2.05) is 37.3 Å². The van der Waals surface area contributed by atoms with Crippen molar-refractivity contribution < 1.29 is 20.1 Å². The SMILES string of the molecule is C=C(C)/C(=C/CO)C(O)CC/C(=C/c1cc(I)c(O)c(OC)c1)c1ccccn1. The number of benzene rings is 1. The molecule has 154 valence electrons. The average Bonchev–Trinajstić information content (AvgIpc) is 2.71. The quantitative estimate of drug-likeness (QED) is 0.342. The number of hydrogen-bond donors (Lipinski definition) is 3. The summed E-state index contributed by atoms with van der Waals surface area (Å²) in [5.74, 6) is 0.513. The minimum Gasteiger partial charge on any atom is -0.504 e. The molecule has 6 heteroatoms. The van der Waals surface area contributed by atoms with E-state index in [0.29, 0.717) is 27.7 Å². The van der Waals surface area contributed by atoms with Gasteiger partial charge in [0.1, 0.15) is 0 Å². The van der Waals surface area contributed by atoms with Crippen LogP contribution in [0.3, 0.4) is 0 Å². The molecule has 29 heavy (non-hydrogen) atoms. The van der Waals surface area contributed by atoms with E-state index in [4.69, 9.17) is 4.74 Å². The first-order chi connectivity index (χ1) is 13.9. The van der Waals surface area contributed by atoms with E-state index in [9.17, 15) is 15.3 Å². The maximum atomic E-state index is 10.6. The maximum Gasteiger partial charge on any atom is 0.171 e. The Hall–Kier alpha value is -2.16. The number of aromatic hydroxyl groups is 1. The molecule has 0 aliphatic rings. The molecule has 1 heterocycles. The molecule has 0 fully saturated rings. The first-order valence-electron chi connectivity index (χ1n) is 9.20. The van der Waals surface area contributed by atoms with E-state index < -0.39 is 6.10 Å². The van der Waals surface area contributed by atoms with E-state index in [0.717, 1.165) is 22.4 Å². The van der Waals surface area contributed by atoms with Gasteiger partial charge in [0.25, 0.3) is 0 Å². The van der Waals surface area contributed by atoms with Gasteiger partial charge in [0.15, 0.2) is 11.5 Å². The fourth-order valence-corrected chi connectivity index (χ4v) is 3.63. The Balaban J connectivity index is 2.37. The van der Waals surface area contributed by atoms with E-state index in [-0.39, 0.29) is 12.4 Å². The lowest BCUT2D eigenvalue weighted by atomic mass is 9.95. The summed E-state index contributed by atoms with van der Waals surface area (Å²) in [6.45, 7) is 5.55. The van der Waals surface area contributed by atoms with Crippen LogP contribution in [0.1, 0.15) is 31.0 Å². The van der Waals surface area contributed by atoms with Crippen LogP contribution in [0.25, 0.3) is 11.6 Å². The number of halogens is 1. The lowest BCUT2D eigenvalue weighted by molar-refractivity contribution is 0.203. The zero-order chi connectivity index (χ0) is 21.4. The van der Waals surface area contributed by atoms with Gasteiger partial charge in [0.05, 0.1) is 29.1 Å². The zero-order valence-corrected chi connectivity index (χ0v) is 18.8. The first kappa shape index (κ1) is 23.1. The number of hydrogen-bond acceptors (Lipinski definition) is 5. The van der Waals surface area contributed by atoms with Crippen molar-refractivity contribution in [3.05, 3.63) is 75.2 Å². The van der Waals surface area contributed by atoms with Crippen LogP contribution in [-0.4, -0.2) is 40.1 Å². The number of aliphatic hydroxyl groups excluding tert-OH is 2. The Labute approximate surface area is 185 Å². The molecule has 0 aliphatic carbocycles. The number of allylic oxidation sites excluding steroid dienone is 1. The number of methoxy groups -OCH3 is 1. The number of phenols is 1. The zero-order valence-electron chi connectivity index (χ0n) is 16.6. The Morgan fingerprint density at radius 3 is 2.69 bits per heavy atom. The van der Waals surface area contributed by atoms with Gasteiger partial charge in [-0.15, -0.1) is 0 Å². The standard InChI is InChI=1S/C23H26INO4/c1-15(2)18(9-11-26)21(27)8-7-17(20-6-4-5-10-25-20)12-16-13-19(24)23(28)22(14-16)29-3/h4-6,9-10,12-14,21,26-28H,1,7-8,11H2,2-3H3/b17-12-,18-9-. The van der Waals surface area contributed by atoms with Crippen molar-refractivity contribution in [1.82, 2.24) is 4.98 Å². The second kappa shape index (κ2) is 11.1. The molecule has 1 aromatic heterocycles. The molecule has 0 saturated heterocycles. The van der Waals surface area contributed by atoms with Crippen LogP contribution >= 0.6 is 22.6 Å². The molecule has 3 N–H and O–H groups in total. The summed E-state index contributed by atoms with van der Waals surface area (Å²) in [6.07, 6.45) is 5.58. The number of nitrogens with zero attached hydrogens (tertiary/aromatic N) is 1. The van der Waals surface area contributed by atoms with Crippen molar-refractivity contribution in [2.24, 2.45) is 0 Å². The van der Waals surface area contributed by atoms with Gasteiger partial charge < -0.3 is 20.1 Å². The van der Waals surface area contributed by atoms with Crippen LogP contribution in [0, 0.1) is 3.57 Å². The topological polar surface area (TPSA) is 82.8 Å². The van der Waals surface area contributed by atoms with Crippen molar-refractivity contribution in [2.45, 2.75) is 25.9 Å². The van der Waals surface area contributed by atoms with Crippen molar-refractivity contribution in [3.8, 4) is 11.5 Å². The van der Waals surface area contributed by atoms with Gasteiger partial charge in [-0.05, 0) is 89.4 Å². The summed E-state index contributed by atoms with van der Waals surface area (Å²) >= 11 is 2.06. The summed E-state index contributed by atoms with van der Waals surface area (Å²) < 4.78 is 5.94. The van der Waals surface area contributed by atoms with Crippen LogP contribution in [0.4, 0.5) is 0 Å². The highest BCUT2D eigenvalue weighted by Crippen LogP contribution is 2.34. The highest BCUT2D eigenvalue weighted by molar-refractivity contribution is 14.1. The minimum atomic E-state index is -0.735. The van der Waals surface area contributed by atoms with Gasteiger partial charge in [-0.25, -0.2) is 0 Å². The van der Waals surface area contributed by atoms with Gasteiger partial charge in [-0.1, -0.05) is 24.3 Å². The Morgan fingerprint density at radius 2 is 2.10 bits per heavy atom. The molecule has 0 saturated carbocycles. The molecule has 1 atom stereocenters. The van der Waals surface area contributed by atoms with E-state index in [2.05, 4.69) is 34.2 Å².